The molecule has 0 aliphatic heterocycles. The highest BCUT2D eigenvalue weighted by Crippen LogP contribution is 2.37. The fourth-order valence-corrected chi connectivity index (χ4v) is 3.03. The highest BCUT2D eigenvalue weighted by Gasteiger charge is 2.27. The van der Waals surface area contributed by atoms with Crippen LogP contribution in [0, 0.1) is 0 Å². The summed E-state index contributed by atoms with van der Waals surface area (Å²) in [5.41, 5.74) is 6.56. The standard InChI is InChI=1S/C19H34NO5P/c1-3-5-6-7-8-15-24-18-11-9-17(10-12-18)13-14-19(20,4-2)16-25-26(21,22)23/h9-12H,3-8,13-16,20H2,1-2H3,(H2,21,22,23)/t19-/m1/s1. The summed E-state index contributed by atoms with van der Waals surface area (Å²) in [5.74, 6) is 0.864. The van der Waals surface area contributed by atoms with E-state index in [0.717, 1.165) is 24.3 Å². The van der Waals surface area contributed by atoms with Crippen molar-refractivity contribution in [1.82, 2.24) is 0 Å². The molecule has 1 aromatic carbocycles. The molecule has 0 fully saturated rings. The lowest BCUT2D eigenvalue weighted by Gasteiger charge is -2.28. The van der Waals surface area contributed by atoms with Crippen LogP contribution >= 0.6 is 7.82 Å². The Kier molecular flexibility index (Phi) is 10.4. The van der Waals surface area contributed by atoms with Gasteiger partial charge in [0.15, 0.2) is 0 Å². The van der Waals surface area contributed by atoms with Crippen LogP contribution in [-0.4, -0.2) is 28.5 Å². The van der Waals surface area contributed by atoms with Gasteiger partial charge in [0.05, 0.1) is 13.2 Å². The van der Waals surface area contributed by atoms with Gasteiger partial charge in [0.25, 0.3) is 0 Å². The van der Waals surface area contributed by atoms with Crippen LogP contribution in [-0.2, 0) is 15.5 Å². The van der Waals surface area contributed by atoms with Gasteiger partial charge in [-0.2, -0.15) is 0 Å². The molecule has 0 unspecified atom stereocenters. The molecule has 0 saturated carbocycles. The SMILES string of the molecule is CCCCCCCOc1ccc(CC[C@](N)(CC)COP(=O)(O)O)cc1. The molecule has 0 saturated heterocycles. The third kappa shape index (κ3) is 10.3. The molecule has 1 aromatic rings. The maximum absolute atomic E-state index is 10.9. The summed E-state index contributed by atoms with van der Waals surface area (Å²) in [6, 6.07) is 7.92. The molecule has 150 valence electrons. The van der Waals surface area contributed by atoms with Crippen LogP contribution in [0.4, 0.5) is 0 Å². The minimum atomic E-state index is -4.49. The van der Waals surface area contributed by atoms with E-state index in [9.17, 15) is 4.57 Å². The molecule has 0 bridgehead atoms. The van der Waals surface area contributed by atoms with Gasteiger partial charge in [-0.05, 0) is 43.4 Å². The van der Waals surface area contributed by atoms with E-state index in [0.29, 0.717) is 19.3 Å². The van der Waals surface area contributed by atoms with E-state index in [1.807, 2.05) is 31.2 Å². The molecule has 7 heteroatoms. The number of unbranched alkanes of at least 4 members (excludes halogenated alkanes) is 4. The summed E-state index contributed by atoms with van der Waals surface area (Å²) in [7, 11) is -4.49. The van der Waals surface area contributed by atoms with Gasteiger partial charge in [-0.15, -0.1) is 0 Å². The maximum Gasteiger partial charge on any atom is 0.469 e. The third-order valence-corrected chi connectivity index (χ3v) is 5.04. The van der Waals surface area contributed by atoms with Crippen molar-refractivity contribution in [3.63, 3.8) is 0 Å². The smallest absolute Gasteiger partial charge is 0.469 e. The van der Waals surface area contributed by atoms with Crippen LogP contribution in [0.1, 0.15) is 64.4 Å². The highest BCUT2D eigenvalue weighted by molar-refractivity contribution is 7.46. The molecule has 0 aliphatic rings. The van der Waals surface area contributed by atoms with E-state index in [-0.39, 0.29) is 6.61 Å². The minimum absolute atomic E-state index is 0.160. The van der Waals surface area contributed by atoms with Crippen molar-refractivity contribution in [3.05, 3.63) is 29.8 Å². The lowest BCUT2D eigenvalue weighted by Crippen LogP contribution is -2.44. The lowest BCUT2D eigenvalue weighted by molar-refractivity contribution is 0.144. The number of phosphoric ester groups is 1. The predicted octanol–water partition coefficient (Wildman–Crippen LogP) is 4.19. The number of nitrogens with two attached hydrogens (primary N) is 1. The summed E-state index contributed by atoms with van der Waals surface area (Å²) in [6.45, 7) is 4.68. The zero-order valence-corrected chi connectivity index (χ0v) is 16.9. The second-order valence-corrected chi connectivity index (χ2v) is 8.13. The number of phosphoric acid groups is 1. The van der Waals surface area contributed by atoms with Crippen LogP contribution in [0.25, 0.3) is 0 Å². The average Bonchev–Trinajstić information content (AvgIpc) is 2.61. The Hall–Kier alpha value is -0.910. The van der Waals surface area contributed by atoms with Gasteiger partial charge in [-0.25, -0.2) is 4.57 Å². The molecule has 1 atom stereocenters. The molecule has 0 aliphatic carbocycles. The van der Waals surface area contributed by atoms with E-state index in [1.165, 1.54) is 25.7 Å². The van der Waals surface area contributed by atoms with E-state index >= 15 is 0 Å². The summed E-state index contributed by atoms with van der Waals surface area (Å²) < 4.78 is 21.2. The van der Waals surface area contributed by atoms with Crippen LogP contribution in [0.15, 0.2) is 24.3 Å². The van der Waals surface area contributed by atoms with Gasteiger partial charge in [-0.3, -0.25) is 4.52 Å². The van der Waals surface area contributed by atoms with Crippen molar-refractivity contribution in [1.29, 1.82) is 0 Å². The number of aryl methyl sites for hydroxylation is 1. The Morgan fingerprint density at radius 1 is 1.08 bits per heavy atom. The molecule has 4 N–H and O–H groups in total. The molecule has 0 radical (unpaired) electrons. The normalized spacial score (nSPS) is 14.2. The summed E-state index contributed by atoms with van der Waals surface area (Å²) in [5, 5.41) is 0. The largest absolute Gasteiger partial charge is 0.494 e. The Labute approximate surface area is 157 Å². The van der Waals surface area contributed by atoms with Gasteiger partial charge in [0.1, 0.15) is 5.75 Å². The summed E-state index contributed by atoms with van der Waals surface area (Å²) in [6.07, 6.45) is 7.96. The monoisotopic (exact) mass is 387 g/mol. The van der Waals surface area contributed by atoms with Crippen LogP contribution in [0.3, 0.4) is 0 Å². The topological polar surface area (TPSA) is 102 Å². The highest BCUT2D eigenvalue weighted by atomic mass is 31.2. The number of hydrogen-bond acceptors (Lipinski definition) is 4. The zero-order chi connectivity index (χ0) is 19.5. The molecule has 26 heavy (non-hydrogen) atoms. The maximum atomic E-state index is 10.9. The quantitative estimate of drug-likeness (QED) is 0.327. The van der Waals surface area contributed by atoms with Crippen molar-refractivity contribution in [2.45, 2.75) is 70.8 Å². The molecule has 0 heterocycles. The van der Waals surface area contributed by atoms with Gasteiger partial charge < -0.3 is 20.3 Å². The number of ether oxygens (including phenoxy) is 1. The molecule has 6 nitrogen and oxygen atoms in total. The molecular formula is C19H34NO5P. The van der Waals surface area contributed by atoms with Crippen LogP contribution in [0.5, 0.6) is 5.75 Å². The minimum Gasteiger partial charge on any atom is -0.494 e. The number of hydrogen-bond donors (Lipinski definition) is 3. The van der Waals surface area contributed by atoms with Gasteiger partial charge in [0.2, 0.25) is 0 Å². The summed E-state index contributed by atoms with van der Waals surface area (Å²) in [4.78, 5) is 17.7. The Bertz CT molecular complexity index is 545. The van der Waals surface area contributed by atoms with E-state index < -0.39 is 13.4 Å². The first-order chi connectivity index (χ1) is 12.3. The lowest BCUT2D eigenvalue weighted by atomic mass is 9.90. The van der Waals surface area contributed by atoms with E-state index in [2.05, 4.69) is 11.4 Å². The van der Waals surface area contributed by atoms with Crippen molar-refractivity contribution in [2.24, 2.45) is 5.73 Å². The van der Waals surface area contributed by atoms with Crippen LogP contribution < -0.4 is 10.5 Å². The van der Waals surface area contributed by atoms with Crippen molar-refractivity contribution >= 4 is 7.82 Å². The van der Waals surface area contributed by atoms with Gasteiger partial charge in [0, 0.05) is 5.54 Å². The first-order valence-electron chi connectivity index (χ1n) is 9.49. The van der Waals surface area contributed by atoms with Crippen molar-refractivity contribution in [2.75, 3.05) is 13.2 Å². The van der Waals surface area contributed by atoms with Gasteiger partial charge in [-0.1, -0.05) is 51.7 Å². The molecule has 0 aromatic heterocycles. The molecular weight excluding hydrogens is 353 g/mol. The van der Waals surface area contributed by atoms with Gasteiger partial charge >= 0.3 is 7.82 Å². The van der Waals surface area contributed by atoms with E-state index in [4.69, 9.17) is 20.3 Å². The van der Waals surface area contributed by atoms with Crippen molar-refractivity contribution in [3.8, 4) is 5.75 Å². The van der Waals surface area contributed by atoms with E-state index in [1.54, 1.807) is 0 Å². The first kappa shape index (κ1) is 23.1. The van der Waals surface area contributed by atoms with Crippen molar-refractivity contribution < 1.29 is 23.6 Å². The van der Waals surface area contributed by atoms with Crippen LogP contribution in [0.2, 0.25) is 0 Å². The molecule has 0 amide bonds. The summed E-state index contributed by atoms with van der Waals surface area (Å²) >= 11 is 0. The predicted molar refractivity (Wildman–Crippen MR) is 104 cm³/mol. The zero-order valence-electron chi connectivity index (χ0n) is 16.0. The second-order valence-electron chi connectivity index (χ2n) is 6.89. The fourth-order valence-electron chi connectivity index (χ4n) is 2.60. The molecule has 0 spiro atoms. The Morgan fingerprint density at radius 2 is 1.73 bits per heavy atom. The fraction of sp³-hybridized carbons (Fsp3) is 0.684. The Balaban J connectivity index is 2.37. The second kappa shape index (κ2) is 11.7. The number of rotatable bonds is 14. The average molecular weight is 387 g/mol. The Morgan fingerprint density at radius 3 is 2.31 bits per heavy atom. The number of benzene rings is 1. The molecule has 1 rings (SSSR count). The first-order valence-corrected chi connectivity index (χ1v) is 11.0. The third-order valence-electron chi connectivity index (χ3n) is 4.58.